The Bertz CT molecular complexity index is 1990. The summed E-state index contributed by atoms with van der Waals surface area (Å²) in [5, 5.41) is 19.3. The summed E-state index contributed by atoms with van der Waals surface area (Å²) in [6.45, 7) is 7.01. The maximum atomic E-state index is 13.5. The van der Waals surface area contributed by atoms with E-state index >= 15 is 0 Å². The maximum absolute atomic E-state index is 13.5. The highest BCUT2D eigenvalue weighted by Crippen LogP contribution is 2.40. The first-order valence-corrected chi connectivity index (χ1v) is 22.4. The van der Waals surface area contributed by atoms with Gasteiger partial charge in [-0.3, -0.25) is 0 Å². The van der Waals surface area contributed by atoms with Crippen LogP contribution in [0.1, 0.15) is 113 Å². The van der Waals surface area contributed by atoms with E-state index in [4.69, 9.17) is 26.1 Å². The summed E-state index contributed by atoms with van der Waals surface area (Å²) < 4.78 is 67.6. The van der Waals surface area contributed by atoms with Gasteiger partial charge in [0, 0.05) is 107 Å². The van der Waals surface area contributed by atoms with Gasteiger partial charge in [0.05, 0.1) is 24.6 Å². The standard InChI is InChI=1S/C21H28F2N6O.C16H18ClF2N5.C5H11NO.ClH/c22-21(23)7-4-16(5-8-21)24-18-14-19(28-9-1-12-30-13-11-28)26-20(25-18)29-10-6-17(27-29)15-2-3-15;17-13-9-14(20-11-3-6-16(18,19)7-4-11)22-15(21-13)24-8-5-12(23-24)10-1-2-10;1-2-6-3-5-7-4-1;/h6,10,14-16H,1-5,7-9,11-13H2,(H,24,25,26);5,8-11H,1-4,6-7H2,(H,20,21,22);6H,1-5H2;1H. The quantitative estimate of drug-likeness (QED) is 0.110. The van der Waals surface area contributed by atoms with Crippen LogP contribution in [0.4, 0.5) is 35.0 Å². The fourth-order valence-electron chi connectivity index (χ4n) is 7.87. The number of alkyl halides is 4. The highest BCUT2D eigenvalue weighted by Gasteiger charge is 2.36. The van der Waals surface area contributed by atoms with Gasteiger partial charge in [-0.25, -0.2) is 26.9 Å². The topological polar surface area (TPSA) is 145 Å². The molecule has 0 bridgehead atoms. The fraction of sp³-hybridized carbons (Fsp3) is 0.667. The average Bonchev–Trinajstić information content (AvgIpc) is 4.19. The average molecular weight is 910 g/mol. The number of nitrogens with zero attached hydrogens (tertiary/aromatic N) is 9. The summed E-state index contributed by atoms with van der Waals surface area (Å²) in [6, 6.07) is 7.51. The molecule has 6 heterocycles. The minimum absolute atomic E-state index is 0. The number of hydrogen-bond acceptors (Lipinski definition) is 12. The largest absolute Gasteiger partial charge is 0.380 e. The third-order valence-electron chi connectivity index (χ3n) is 11.8. The van der Waals surface area contributed by atoms with Gasteiger partial charge in [0.15, 0.2) is 0 Å². The first-order valence-electron chi connectivity index (χ1n) is 22.0. The molecule has 0 spiro atoms. The van der Waals surface area contributed by atoms with Crippen LogP contribution in [0.3, 0.4) is 0 Å². The molecule has 0 aromatic carbocycles. The van der Waals surface area contributed by atoms with Crippen molar-refractivity contribution >= 4 is 41.5 Å². The van der Waals surface area contributed by atoms with Gasteiger partial charge in [-0.15, -0.1) is 12.4 Å². The Balaban J connectivity index is 0.000000162. The molecule has 4 saturated carbocycles. The smallest absolute Gasteiger partial charge is 0.254 e. The lowest BCUT2D eigenvalue weighted by atomic mass is 9.92. The molecule has 0 amide bonds. The number of aromatic nitrogens is 8. The monoisotopic (exact) mass is 908 g/mol. The molecule has 6 fully saturated rings. The molecule has 14 nitrogen and oxygen atoms in total. The van der Waals surface area contributed by atoms with Crippen molar-refractivity contribution in [3.63, 3.8) is 0 Å². The summed E-state index contributed by atoms with van der Waals surface area (Å²) in [4.78, 5) is 20.3. The number of rotatable bonds is 9. The fourth-order valence-corrected chi connectivity index (χ4v) is 8.05. The van der Waals surface area contributed by atoms with E-state index in [1.54, 1.807) is 15.4 Å². The Labute approximate surface area is 371 Å². The van der Waals surface area contributed by atoms with Crippen molar-refractivity contribution in [1.29, 1.82) is 0 Å². The van der Waals surface area contributed by atoms with E-state index in [1.165, 1.54) is 32.1 Å². The number of nitrogens with one attached hydrogen (secondary N) is 3. The van der Waals surface area contributed by atoms with Gasteiger partial charge < -0.3 is 30.3 Å². The highest BCUT2D eigenvalue weighted by molar-refractivity contribution is 6.29. The zero-order chi connectivity index (χ0) is 42.2. The van der Waals surface area contributed by atoms with Gasteiger partial charge in [0.2, 0.25) is 11.8 Å². The first-order chi connectivity index (χ1) is 29.5. The van der Waals surface area contributed by atoms with Gasteiger partial charge in [-0.2, -0.15) is 30.1 Å². The Hall–Kier alpha value is -3.84. The number of anilines is 3. The molecule has 0 radical (unpaired) electrons. The van der Waals surface area contributed by atoms with E-state index in [1.807, 2.05) is 30.6 Å². The van der Waals surface area contributed by atoms with Crippen LogP contribution in [-0.4, -0.2) is 116 Å². The summed E-state index contributed by atoms with van der Waals surface area (Å²) in [6.07, 6.45) is 11.9. The molecular weight excluding hydrogens is 851 g/mol. The number of halogens is 6. The Morgan fingerprint density at radius 3 is 1.74 bits per heavy atom. The lowest BCUT2D eigenvalue weighted by Crippen LogP contribution is -2.32. The normalized spacial score (nSPS) is 21.8. The van der Waals surface area contributed by atoms with Crippen LogP contribution in [0.15, 0.2) is 36.7 Å². The second-order valence-corrected chi connectivity index (χ2v) is 17.3. The number of ether oxygens (including phenoxy) is 2. The molecule has 2 aliphatic heterocycles. The van der Waals surface area contributed by atoms with E-state index in [-0.39, 0.29) is 50.2 Å². The summed E-state index contributed by atoms with van der Waals surface area (Å²) in [5.41, 5.74) is 2.12. The number of hydrogen-bond donors (Lipinski definition) is 3. The van der Waals surface area contributed by atoms with Crippen molar-refractivity contribution in [2.75, 3.05) is 68.1 Å². The van der Waals surface area contributed by atoms with Crippen LogP contribution in [0, 0.1) is 0 Å². The molecule has 6 aliphatic rings. The van der Waals surface area contributed by atoms with Crippen molar-refractivity contribution in [3.8, 4) is 11.9 Å². The predicted molar refractivity (Wildman–Crippen MR) is 232 cm³/mol. The molecule has 10 rings (SSSR count). The van der Waals surface area contributed by atoms with Gasteiger partial charge in [-0.1, -0.05) is 11.6 Å². The van der Waals surface area contributed by atoms with E-state index in [2.05, 4.69) is 46.0 Å². The summed E-state index contributed by atoms with van der Waals surface area (Å²) in [5.74, 6) is -1.06. The van der Waals surface area contributed by atoms with Crippen LogP contribution in [0.5, 0.6) is 0 Å². The van der Waals surface area contributed by atoms with Crippen molar-refractivity contribution in [3.05, 3.63) is 53.2 Å². The van der Waals surface area contributed by atoms with Crippen molar-refractivity contribution < 1.29 is 27.0 Å². The molecule has 3 N–H and O–H groups in total. The Morgan fingerprint density at radius 2 is 1.16 bits per heavy atom. The lowest BCUT2D eigenvalue weighted by Gasteiger charge is -2.29. The molecular formula is C42H58Cl2F4N12O2. The Morgan fingerprint density at radius 1 is 0.629 bits per heavy atom. The molecule has 4 aromatic heterocycles. The van der Waals surface area contributed by atoms with Gasteiger partial charge in [0.1, 0.15) is 22.6 Å². The van der Waals surface area contributed by atoms with E-state index < -0.39 is 11.8 Å². The van der Waals surface area contributed by atoms with E-state index in [0.29, 0.717) is 72.8 Å². The van der Waals surface area contributed by atoms with Crippen LogP contribution in [0.25, 0.3) is 11.9 Å². The van der Waals surface area contributed by atoms with Crippen molar-refractivity contribution in [1.82, 2.24) is 44.8 Å². The molecule has 0 atom stereocenters. The van der Waals surface area contributed by atoms with Gasteiger partial charge >= 0.3 is 0 Å². The zero-order valence-corrected chi connectivity index (χ0v) is 36.5. The minimum Gasteiger partial charge on any atom is -0.380 e. The molecule has 340 valence electrons. The van der Waals surface area contributed by atoms with Crippen LogP contribution >= 0.6 is 24.0 Å². The van der Waals surface area contributed by atoms with Crippen LogP contribution < -0.4 is 20.9 Å². The molecule has 20 heteroatoms. The summed E-state index contributed by atoms with van der Waals surface area (Å²) >= 11 is 6.09. The van der Waals surface area contributed by atoms with E-state index in [0.717, 1.165) is 69.6 Å². The third kappa shape index (κ3) is 13.6. The maximum Gasteiger partial charge on any atom is 0.254 e. The van der Waals surface area contributed by atoms with Crippen LogP contribution in [-0.2, 0) is 9.47 Å². The van der Waals surface area contributed by atoms with Crippen molar-refractivity contribution in [2.24, 2.45) is 0 Å². The molecule has 2 saturated heterocycles. The highest BCUT2D eigenvalue weighted by atomic mass is 35.5. The third-order valence-corrected chi connectivity index (χ3v) is 11.9. The van der Waals surface area contributed by atoms with Crippen LogP contribution in [0.2, 0.25) is 5.15 Å². The van der Waals surface area contributed by atoms with Crippen molar-refractivity contribution in [2.45, 2.75) is 126 Å². The molecule has 4 aromatic rings. The van der Waals surface area contributed by atoms with Gasteiger partial charge in [0.25, 0.3) is 11.9 Å². The lowest BCUT2D eigenvalue weighted by molar-refractivity contribution is -0.0366. The SMILES string of the molecule is C1CNCCOC1.Cl.FC1(F)CCC(Nc2cc(Cl)nc(-n3ccc(C4CC4)n3)n2)CC1.FC1(F)CCC(Nc2cc(N3CCCOCC3)nc(-n3ccc(C4CC4)n3)n2)CC1. The van der Waals surface area contributed by atoms with Gasteiger partial charge in [-0.05, 0) is 82.9 Å². The second-order valence-electron chi connectivity index (χ2n) is 16.9. The van der Waals surface area contributed by atoms with E-state index in [9.17, 15) is 17.6 Å². The molecule has 4 aliphatic carbocycles. The molecule has 62 heavy (non-hydrogen) atoms. The second kappa shape index (κ2) is 21.2. The zero-order valence-electron chi connectivity index (χ0n) is 35.0. The molecule has 0 unspecified atom stereocenters. The Kier molecular flexibility index (Phi) is 15.8. The minimum atomic E-state index is -2.54. The summed E-state index contributed by atoms with van der Waals surface area (Å²) in [7, 11) is 0. The predicted octanol–water partition coefficient (Wildman–Crippen LogP) is 8.36. The first kappa shape index (κ1) is 46.2.